The lowest BCUT2D eigenvalue weighted by Gasteiger charge is -2.36. The molecule has 0 saturated heterocycles. The molecular formula is C21H18Cl2N4O. The molecule has 5 rings (SSSR count). The van der Waals surface area contributed by atoms with Crippen LogP contribution in [-0.2, 0) is 10.2 Å². The van der Waals surface area contributed by atoms with Crippen molar-refractivity contribution in [3.63, 3.8) is 0 Å². The Hall–Kier alpha value is -2.24. The van der Waals surface area contributed by atoms with Crippen LogP contribution in [0.1, 0.15) is 44.0 Å². The molecule has 2 bridgehead atoms. The van der Waals surface area contributed by atoms with Crippen LogP contribution in [0, 0.1) is 5.41 Å². The van der Waals surface area contributed by atoms with E-state index in [1.165, 1.54) is 0 Å². The van der Waals surface area contributed by atoms with E-state index in [9.17, 15) is 4.79 Å². The lowest BCUT2D eigenvalue weighted by molar-refractivity contribution is -0.124. The first-order valence-electron chi connectivity index (χ1n) is 9.23. The fraction of sp³-hybridized carbons (Fsp3) is 0.333. The average molecular weight is 413 g/mol. The van der Waals surface area contributed by atoms with Crippen LogP contribution in [0.15, 0.2) is 36.7 Å². The summed E-state index contributed by atoms with van der Waals surface area (Å²) in [6.45, 7) is 4.28. The molecule has 2 aliphatic rings. The maximum absolute atomic E-state index is 13.6. The molecule has 1 N–H and O–H groups in total. The highest BCUT2D eigenvalue weighted by atomic mass is 35.5. The third-order valence-corrected chi connectivity index (χ3v) is 7.28. The summed E-state index contributed by atoms with van der Waals surface area (Å²) in [6.07, 6.45) is 4.98. The van der Waals surface area contributed by atoms with Crippen LogP contribution in [0.25, 0.3) is 11.0 Å². The normalized spacial score (nSPS) is 24.4. The molecule has 2 unspecified atom stereocenters. The topological polar surface area (TPSA) is 67.8 Å². The molecule has 0 aliphatic heterocycles. The Morgan fingerprint density at radius 3 is 2.57 bits per heavy atom. The second kappa shape index (κ2) is 5.88. The summed E-state index contributed by atoms with van der Waals surface area (Å²) < 4.78 is 0. The Labute approximate surface area is 172 Å². The number of fused-ring (bicyclic) bond motifs is 6. The summed E-state index contributed by atoms with van der Waals surface area (Å²) in [4.78, 5) is 27.4. The molecule has 1 aromatic carbocycles. The Morgan fingerprint density at radius 2 is 1.89 bits per heavy atom. The molecule has 1 amide bonds. The predicted octanol–water partition coefficient (Wildman–Crippen LogP) is 5.13. The van der Waals surface area contributed by atoms with Gasteiger partial charge in [0.1, 0.15) is 0 Å². The second-order valence-corrected chi connectivity index (χ2v) is 8.94. The van der Waals surface area contributed by atoms with E-state index in [0.29, 0.717) is 26.8 Å². The van der Waals surface area contributed by atoms with Crippen LogP contribution in [0.2, 0.25) is 10.0 Å². The van der Waals surface area contributed by atoms with Gasteiger partial charge in [-0.05, 0) is 42.5 Å². The van der Waals surface area contributed by atoms with E-state index in [0.717, 1.165) is 24.2 Å². The van der Waals surface area contributed by atoms with Gasteiger partial charge in [0, 0.05) is 12.1 Å². The third kappa shape index (κ3) is 2.20. The number of benzene rings is 1. The quantitative estimate of drug-likeness (QED) is 0.633. The fourth-order valence-corrected chi connectivity index (χ4v) is 5.37. The Balaban J connectivity index is 1.69. The van der Waals surface area contributed by atoms with Crippen LogP contribution < -0.4 is 5.32 Å². The first-order valence-corrected chi connectivity index (χ1v) is 9.99. The number of pyridine rings is 1. The van der Waals surface area contributed by atoms with Gasteiger partial charge in [-0.3, -0.25) is 9.78 Å². The summed E-state index contributed by atoms with van der Waals surface area (Å²) >= 11 is 12.4. The number of hydrogen-bond donors (Lipinski definition) is 1. The standard InChI is InChI=1S/C21H18Cl2N4O/c1-20(2)12-5-6-21(20,19(28)25-11-4-3-7-24-10-11)18-17(12)26-15-8-13(22)14(23)9-16(15)27-18/h3-4,7-10,12H,5-6H2,1-2H3,(H,25,28). The molecule has 2 atom stereocenters. The van der Waals surface area contributed by atoms with Gasteiger partial charge >= 0.3 is 0 Å². The van der Waals surface area contributed by atoms with Crippen molar-refractivity contribution < 1.29 is 4.79 Å². The van der Waals surface area contributed by atoms with Crippen LogP contribution in [-0.4, -0.2) is 20.9 Å². The molecule has 1 saturated carbocycles. The monoisotopic (exact) mass is 412 g/mol. The van der Waals surface area contributed by atoms with E-state index in [2.05, 4.69) is 24.1 Å². The van der Waals surface area contributed by atoms with Gasteiger partial charge < -0.3 is 5.32 Å². The zero-order valence-corrected chi connectivity index (χ0v) is 17.0. The average Bonchev–Trinajstić information content (AvgIpc) is 3.04. The Morgan fingerprint density at radius 1 is 1.18 bits per heavy atom. The lowest BCUT2D eigenvalue weighted by Crippen LogP contribution is -2.46. The van der Waals surface area contributed by atoms with Crippen molar-refractivity contribution in [3.8, 4) is 0 Å². The fourth-order valence-electron chi connectivity index (χ4n) is 5.05. The summed E-state index contributed by atoms with van der Waals surface area (Å²) in [5.74, 6) is 0.119. The summed E-state index contributed by atoms with van der Waals surface area (Å²) in [5.41, 5.74) is 2.68. The van der Waals surface area contributed by atoms with Gasteiger partial charge in [0.15, 0.2) is 0 Å². The van der Waals surface area contributed by atoms with Gasteiger partial charge in [-0.15, -0.1) is 0 Å². The molecule has 3 aromatic rings. The van der Waals surface area contributed by atoms with Gasteiger partial charge in [0.25, 0.3) is 0 Å². The van der Waals surface area contributed by atoms with Crippen molar-refractivity contribution in [2.24, 2.45) is 5.41 Å². The minimum Gasteiger partial charge on any atom is -0.324 e. The second-order valence-electron chi connectivity index (χ2n) is 8.13. The number of aromatic nitrogens is 3. The number of carbonyl (C=O) groups is 1. The number of rotatable bonds is 2. The number of anilines is 1. The van der Waals surface area contributed by atoms with E-state index in [1.54, 1.807) is 30.6 Å². The van der Waals surface area contributed by atoms with Crippen LogP contribution in [0.5, 0.6) is 0 Å². The molecule has 1 fully saturated rings. The maximum atomic E-state index is 13.6. The van der Waals surface area contributed by atoms with Crippen molar-refractivity contribution >= 4 is 45.8 Å². The van der Waals surface area contributed by atoms with E-state index in [-0.39, 0.29) is 17.2 Å². The molecule has 5 nitrogen and oxygen atoms in total. The van der Waals surface area contributed by atoms with Gasteiger partial charge in [0.05, 0.1) is 49.8 Å². The summed E-state index contributed by atoms with van der Waals surface area (Å²) in [6, 6.07) is 7.11. The SMILES string of the molecule is CC1(C)C2CCC1(C(=O)Nc1cccnc1)c1nc3cc(Cl)c(Cl)cc3nc12. The minimum atomic E-state index is -0.740. The van der Waals surface area contributed by atoms with Crippen LogP contribution in [0.4, 0.5) is 5.69 Å². The van der Waals surface area contributed by atoms with Crippen molar-refractivity contribution in [1.29, 1.82) is 0 Å². The molecule has 7 heteroatoms. The molecule has 28 heavy (non-hydrogen) atoms. The number of nitrogens with zero attached hydrogens (tertiary/aromatic N) is 3. The number of nitrogens with one attached hydrogen (secondary N) is 1. The predicted molar refractivity (Wildman–Crippen MR) is 110 cm³/mol. The lowest BCUT2D eigenvalue weighted by atomic mass is 9.67. The van der Waals surface area contributed by atoms with E-state index >= 15 is 0 Å². The van der Waals surface area contributed by atoms with Gasteiger partial charge in [0.2, 0.25) is 5.91 Å². The highest BCUT2D eigenvalue weighted by Gasteiger charge is 2.67. The summed E-state index contributed by atoms with van der Waals surface area (Å²) in [7, 11) is 0. The molecule has 0 radical (unpaired) electrons. The first kappa shape index (κ1) is 17.8. The zero-order valence-electron chi connectivity index (χ0n) is 15.5. The highest BCUT2D eigenvalue weighted by molar-refractivity contribution is 6.42. The number of hydrogen-bond acceptors (Lipinski definition) is 4. The summed E-state index contributed by atoms with van der Waals surface area (Å²) in [5, 5.41) is 3.93. The number of halogens is 2. The van der Waals surface area contributed by atoms with Crippen LogP contribution in [0.3, 0.4) is 0 Å². The third-order valence-electron chi connectivity index (χ3n) is 6.55. The van der Waals surface area contributed by atoms with Crippen molar-refractivity contribution in [3.05, 3.63) is 58.1 Å². The minimum absolute atomic E-state index is 0.0551. The molecule has 2 aliphatic carbocycles. The van der Waals surface area contributed by atoms with E-state index in [1.807, 2.05) is 6.07 Å². The maximum Gasteiger partial charge on any atom is 0.237 e. The highest BCUT2D eigenvalue weighted by Crippen LogP contribution is 2.67. The molecule has 0 spiro atoms. The number of carbonyl (C=O) groups excluding carboxylic acids is 1. The molecule has 2 aromatic heterocycles. The smallest absolute Gasteiger partial charge is 0.237 e. The molecule has 142 valence electrons. The zero-order chi connectivity index (χ0) is 19.7. The van der Waals surface area contributed by atoms with Gasteiger partial charge in [-0.1, -0.05) is 37.0 Å². The molecule has 2 heterocycles. The van der Waals surface area contributed by atoms with E-state index in [4.69, 9.17) is 33.2 Å². The van der Waals surface area contributed by atoms with Gasteiger partial charge in [-0.2, -0.15) is 0 Å². The largest absolute Gasteiger partial charge is 0.324 e. The van der Waals surface area contributed by atoms with Crippen molar-refractivity contribution in [2.45, 2.75) is 38.0 Å². The van der Waals surface area contributed by atoms with Gasteiger partial charge in [-0.25, -0.2) is 9.97 Å². The Kier molecular flexibility index (Phi) is 3.74. The van der Waals surface area contributed by atoms with E-state index < -0.39 is 5.41 Å². The molecular weight excluding hydrogens is 395 g/mol. The number of amides is 1. The van der Waals surface area contributed by atoms with Crippen LogP contribution >= 0.6 is 23.2 Å². The van der Waals surface area contributed by atoms with Crippen molar-refractivity contribution in [2.75, 3.05) is 5.32 Å². The Bertz CT molecular complexity index is 1130. The first-order chi connectivity index (χ1) is 13.3. The van der Waals surface area contributed by atoms with Crippen molar-refractivity contribution in [1.82, 2.24) is 15.0 Å².